The van der Waals surface area contributed by atoms with E-state index in [1.807, 2.05) is 24.3 Å². The molecule has 3 atom stereocenters. The summed E-state index contributed by atoms with van der Waals surface area (Å²) in [4.78, 5) is 12.4. The average Bonchev–Trinajstić information content (AvgIpc) is 2.38. The number of para-hydroxylation sites is 1. The normalized spacial score (nSPS) is 32.7. The van der Waals surface area contributed by atoms with E-state index in [0.29, 0.717) is 23.3 Å². The van der Waals surface area contributed by atoms with E-state index in [9.17, 15) is 4.79 Å². The first-order chi connectivity index (χ1) is 9.52. The quantitative estimate of drug-likeness (QED) is 0.849. The minimum atomic E-state index is -0.517. The van der Waals surface area contributed by atoms with Crippen molar-refractivity contribution < 1.29 is 9.53 Å². The van der Waals surface area contributed by atoms with Crippen molar-refractivity contribution in [3.05, 3.63) is 29.8 Å². The Kier molecular flexibility index (Phi) is 3.23. The zero-order chi connectivity index (χ0) is 14.3. The summed E-state index contributed by atoms with van der Waals surface area (Å²) in [5, 5.41) is 3.19. The molecule has 1 N–H and O–H groups in total. The van der Waals surface area contributed by atoms with Gasteiger partial charge in [0, 0.05) is 12.3 Å². The van der Waals surface area contributed by atoms with Crippen LogP contribution in [0, 0.1) is 17.8 Å². The van der Waals surface area contributed by atoms with Crippen LogP contribution in [0.3, 0.4) is 0 Å². The molecule has 2 aliphatic rings. The van der Waals surface area contributed by atoms with Gasteiger partial charge in [0.1, 0.15) is 5.75 Å². The number of carbonyl (C=O) groups is 1. The van der Waals surface area contributed by atoms with Crippen LogP contribution in [0.25, 0.3) is 0 Å². The summed E-state index contributed by atoms with van der Waals surface area (Å²) in [5.74, 6) is 2.18. The molecule has 1 spiro atoms. The molecule has 2 unspecified atom stereocenters. The molecule has 0 radical (unpaired) electrons. The third-order valence-electron chi connectivity index (χ3n) is 4.77. The lowest BCUT2D eigenvalue weighted by Gasteiger charge is -2.50. The molecule has 1 aliphatic heterocycles. The molecule has 1 aliphatic carbocycles. The average molecular weight is 273 g/mol. The van der Waals surface area contributed by atoms with Crippen LogP contribution in [-0.2, 0) is 0 Å². The second-order valence-corrected chi connectivity index (χ2v) is 6.68. The first-order valence-corrected chi connectivity index (χ1v) is 7.62. The Hall–Kier alpha value is -1.51. The van der Waals surface area contributed by atoms with Crippen LogP contribution in [0.1, 0.15) is 50.4 Å². The fourth-order valence-electron chi connectivity index (χ4n) is 3.83. The fraction of sp³-hybridized carbons (Fsp3) is 0.588. The molecule has 1 fully saturated rings. The van der Waals surface area contributed by atoms with E-state index >= 15 is 0 Å². The van der Waals surface area contributed by atoms with Crippen LogP contribution < -0.4 is 10.1 Å². The van der Waals surface area contributed by atoms with E-state index in [-0.39, 0.29) is 5.91 Å². The topological polar surface area (TPSA) is 38.3 Å². The molecule has 0 bridgehead atoms. The van der Waals surface area contributed by atoms with Crippen molar-refractivity contribution in [1.29, 1.82) is 0 Å². The second kappa shape index (κ2) is 4.80. The smallest absolute Gasteiger partial charge is 0.258 e. The highest BCUT2D eigenvalue weighted by molar-refractivity contribution is 5.98. The number of nitrogens with one attached hydrogen (secondary N) is 1. The lowest BCUT2D eigenvalue weighted by atomic mass is 9.70. The zero-order valence-corrected chi connectivity index (χ0v) is 12.5. The SMILES string of the molecule is CC1CCC(C(C)C)[C@@]2(C1)NC(=O)c1ccccc1O2. The molecule has 3 nitrogen and oxygen atoms in total. The van der Waals surface area contributed by atoms with Crippen LogP contribution in [0.15, 0.2) is 24.3 Å². The molecule has 1 aromatic carbocycles. The molecule has 1 aromatic rings. The van der Waals surface area contributed by atoms with Crippen LogP contribution in [-0.4, -0.2) is 11.6 Å². The highest BCUT2D eigenvalue weighted by atomic mass is 16.5. The van der Waals surface area contributed by atoms with E-state index in [1.54, 1.807) is 0 Å². The predicted molar refractivity (Wildman–Crippen MR) is 78.6 cm³/mol. The maximum absolute atomic E-state index is 12.4. The Morgan fingerprint density at radius 3 is 2.80 bits per heavy atom. The summed E-state index contributed by atoms with van der Waals surface area (Å²) < 4.78 is 6.34. The molecule has 0 aromatic heterocycles. The number of rotatable bonds is 1. The lowest BCUT2D eigenvalue weighted by Crippen LogP contribution is -2.63. The van der Waals surface area contributed by atoms with E-state index < -0.39 is 5.72 Å². The highest BCUT2D eigenvalue weighted by Gasteiger charge is 2.50. The molecule has 108 valence electrons. The van der Waals surface area contributed by atoms with Crippen molar-refractivity contribution in [3.8, 4) is 5.75 Å². The van der Waals surface area contributed by atoms with Gasteiger partial charge >= 0.3 is 0 Å². The molecule has 0 saturated heterocycles. The zero-order valence-electron chi connectivity index (χ0n) is 12.5. The molecule has 1 amide bonds. The van der Waals surface area contributed by atoms with Crippen LogP contribution >= 0.6 is 0 Å². The number of benzene rings is 1. The maximum Gasteiger partial charge on any atom is 0.258 e. The first-order valence-electron chi connectivity index (χ1n) is 7.62. The summed E-state index contributed by atoms with van der Waals surface area (Å²) in [7, 11) is 0. The number of amides is 1. The maximum atomic E-state index is 12.4. The minimum absolute atomic E-state index is 0.00611. The van der Waals surface area contributed by atoms with E-state index in [1.165, 1.54) is 6.42 Å². The van der Waals surface area contributed by atoms with E-state index in [4.69, 9.17) is 4.74 Å². The van der Waals surface area contributed by atoms with Gasteiger partial charge in [-0.3, -0.25) is 4.79 Å². The molecule has 3 rings (SSSR count). The van der Waals surface area contributed by atoms with Gasteiger partial charge in [0.05, 0.1) is 5.56 Å². The summed E-state index contributed by atoms with van der Waals surface area (Å²) in [6.07, 6.45) is 3.22. The number of fused-ring (bicyclic) bond motifs is 1. The van der Waals surface area contributed by atoms with Gasteiger partial charge in [0.2, 0.25) is 0 Å². The van der Waals surface area contributed by atoms with E-state index in [2.05, 4.69) is 26.1 Å². The summed E-state index contributed by atoms with van der Waals surface area (Å²) in [5.41, 5.74) is 0.135. The molecule has 1 heterocycles. The summed E-state index contributed by atoms with van der Waals surface area (Å²) >= 11 is 0. The van der Waals surface area contributed by atoms with Gasteiger partial charge in [-0.2, -0.15) is 0 Å². The highest BCUT2D eigenvalue weighted by Crippen LogP contribution is 2.44. The second-order valence-electron chi connectivity index (χ2n) is 6.68. The molecule has 1 saturated carbocycles. The minimum Gasteiger partial charge on any atom is -0.467 e. The van der Waals surface area contributed by atoms with Crippen LogP contribution in [0.5, 0.6) is 5.75 Å². The molecule has 20 heavy (non-hydrogen) atoms. The Morgan fingerprint density at radius 2 is 2.05 bits per heavy atom. The Bertz CT molecular complexity index is 525. The van der Waals surface area contributed by atoms with Gasteiger partial charge in [-0.15, -0.1) is 0 Å². The Labute approximate surface area is 120 Å². The number of ether oxygens (including phenoxy) is 1. The van der Waals surface area contributed by atoms with E-state index in [0.717, 1.165) is 18.6 Å². The van der Waals surface area contributed by atoms with Crippen LogP contribution in [0.2, 0.25) is 0 Å². The molecule has 3 heteroatoms. The fourth-order valence-corrected chi connectivity index (χ4v) is 3.83. The first kappa shape index (κ1) is 13.5. The Morgan fingerprint density at radius 1 is 1.30 bits per heavy atom. The third-order valence-corrected chi connectivity index (χ3v) is 4.77. The molecular formula is C17H23NO2. The largest absolute Gasteiger partial charge is 0.467 e. The molecular weight excluding hydrogens is 250 g/mol. The van der Waals surface area contributed by atoms with Crippen molar-refractivity contribution in [2.24, 2.45) is 17.8 Å². The van der Waals surface area contributed by atoms with Gasteiger partial charge in [-0.05, 0) is 36.8 Å². The van der Waals surface area contributed by atoms with Crippen molar-refractivity contribution in [2.75, 3.05) is 0 Å². The van der Waals surface area contributed by atoms with Gasteiger partial charge in [0.25, 0.3) is 5.91 Å². The monoisotopic (exact) mass is 273 g/mol. The third kappa shape index (κ3) is 2.09. The van der Waals surface area contributed by atoms with Crippen LogP contribution in [0.4, 0.5) is 0 Å². The predicted octanol–water partition coefficient (Wildman–Crippen LogP) is 3.60. The van der Waals surface area contributed by atoms with Crippen molar-refractivity contribution in [2.45, 2.75) is 45.8 Å². The van der Waals surface area contributed by atoms with Gasteiger partial charge < -0.3 is 10.1 Å². The standard InChI is InChI=1S/C17H23NO2/c1-11(2)14-9-8-12(3)10-17(14)18-16(19)13-6-4-5-7-15(13)20-17/h4-7,11-12,14H,8-10H2,1-3H3,(H,18,19)/t12?,14?,17-/m0/s1. The number of hydrogen-bond acceptors (Lipinski definition) is 2. The number of hydrogen-bond donors (Lipinski definition) is 1. The van der Waals surface area contributed by atoms with Crippen molar-refractivity contribution in [1.82, 2.24) is 5.32 Å². The lowest BCUT2D eigenvalue weighted by molar-refractivity contribution is -0.0827. The van der Waals surface area contributed by atoms with Gasteiger partial charge in [-0.25, -0.2) is 0 Å². The Balaban J connectivity index is 2.01. The van der Waals surface area contributed by atoms with Crippen molar-refractivity contribution >= 4 is 5.91 Å². The van der Waals surface area contributed by atoms with Gasteiger partial charge in [0.15, 0.2) is 5.72 Å². The van der Waals surface area contributed by atoms with Crippen molar-refractivity contribution in [3.63, 3.8) is 0 Å². The number of carbonyl (C=O) groups excluding carboxylic acids is 1. The van der Waals surface area contributed by atoms with Gasteiger partial charge in [-0.1, -0.05) is 32.9 Å². The summed E-state index contributed by atoms with van der Waals surface area (Å²) in [6, 6.07) is 7.55. The summed E-state index contributed by atoms with van der Waals surface area (Å²) in [6.45, 7) is 6.69.